The molecule has 0 bridgehead atoms. The van der Waals surface area contributed by atoms with Crippen molar-refractivity contribution in [1.29, 1.82) is 0 Å². The molecule has 132 valence electrons. The first-order valence-electron chi connectivity index (χ1n) is 7.57. The molecule has 1 aromatic rings. The zero-order chi connectivity index (χ0) is 17.7. The van der Waals surface area contributed by atoms with E-state index in [0.717, 1.165) is 6.42 Å². The van der Waals surface area contributed by atoms with Crippen molar-refractivity contribution in [3.63, 3.8) is 0 Å². The summed E-state index contributed by atoms with van der Waals surface area (Å²) in [7, 11) is 0. The third-order valence-electron chi connectivity index (χ3n) is 3.66. The second kappa shape index (κ2) is 7.55. The van der Waals surface area contributed by atoms with Crippen LogP contribution in [-0.2, 0) is 16.1 Å². The molecule has 2 atom stereocenters. The van der Waals surface area contributed by atoms with Crippen LogP contribution in [-0.4, -0.2) is 31.1 Å². The van der Waals surface area contributed by atoms with Gasteiger partial charge in [0.2, 0.25) is 11.8 Å². The number of hydrogen-bond donors (Lipinski definition) is 2. The van der Waals surface area contributed by atoms with Crippen LogP contribution in [0, 0.1) is 11.8 Å². The Kier molecular flexibility index (Phi) is 5.69. The van der Waals surface area contributed by atoms with Gasteiger partial charge in [0.05, 0.1) is 6.54 Å². The molecule has 0 heterocycles. The van der Waals surface area contributed by atoms with Crippen LogP contribution in [0.1, 0.15) is 18.9 Å². The molecule has 0 unspecified atom stereocenters. The van der Waals surface area contributed by atoms with E-state index in [-0.39, 0.29) is 36.6 Å². The first-order valence-corrected chi connectivity index (χ1v) is 7.57. The maximum Gasteiger partial charge on any atom is 0.422 e. The minimum Gasteiger partial charge on any atom is -0.484 e. The summed E-state index contributed by atoms with van der Waals surface area (Å²) in [5.74, 6) is -0.0404. The molecule has 2 amide bonds. The number of rotatable bonds is 7. The van der Waals surface area contributed by atoms with Crippen molar-refractivity contribution in [1.82, 2.24) is 10.6 Å². The number of amides is 2. The second-order valence-electron chi connectivity index (χ2n) is 5.87. The molecule has 2 N–H and O–H groups in total. The zero-order valence-corrected chi connectivity index (χ0v) is 13.2. The Bertz CT molecular complexity index is 604. The predicted molar refractivity (Wildman–Crippen MR) is 80.1 cm³/mol. The highest BCUT2D eigenvalue weighted by Gasteiger charge is 2.38. The standard InChI is InChI=1S/C16H19F3N2O3/c1-10-5-13(10)15(23)21-8-14(22)20-7-11-3-2-4-12(6-11)24-9-16(17,18)19/h2-4,6,10,13H,5,7-9H2,1H3,(H,20,22)(H,21,23)/t10-,13-/m0/s1. The Morgan fingerprint density at radius 1 is 1.29 bits per heavy atom. The highest BCUT2D eigenvalue weighted by Crippen LogP contribution is 2.37. The molecule has 8 heteroatoms. The Hall–Kier alpha value is -2.25. The maximum absolute atomic E-state index is 12.1. The highest BCUT2D eigenvalue weighted by molar-refractivity contribution is 5.87. The number of nitrogens with one attached hydrogen (secondary N) is 2. The molecule has 1 aliphatic carbocycles. The number of halogens is 3. The molecule has 0 radical (unpaired) electrons. The largest absolute Gasteiger partial charge is 0.484 e. The number of carbonyl (C=O) groups is 2. The first-order chi connectivity index (χ1) is 11.2. The number of benzene rings is 1. The van der Waals surface area contributed by atoms with Crippen LogP contribution >= 0.6 is 0 Å². The van der Waals surface area contributed by atoms with E-state index in [9.17, 15) is 22.8 Å². The fraction of sp³-hybridized carbons (Fsp3) is 0.500. The van der Waals surface area contributed by atoms with Crippen molar-refractivity contribution in [2.24, 2.45) is 11.8 Å². The van der Waals surface area contributed by atoms with E-state index >= 15 is 0 Å². The van der Waals surface area contributed by atoms with Crippen molar-refractivity contribution in [2.45, 2.75) is 26.1 Å². The highest BCUT2D eigenvalue weighted by atomic mass is 19.4. The monoisotopic (exact) mass is 344 g/mol. The molecular formula is C16H19F3N2O3. The number of carbonyl (C=O) groups excluding carboxylic acids is 2. The average Bonchev–Trinajstić information content (AvgIpc) is 3.25. The number of alkyl halides is 3. The molecule has 0 saturated heterocycles. The smallest absolute Gasteiger partial charge is 0.422 e. The second-order valence-corrected chi connectivity index (χ2v) is 5.87. The zero-order valence-electron chi connectivity index (χ0n) is 13.2. The normalized spacial score (nSPS) is 19.5. The molecule has 1 aliphatic rings. The summed E-state index contributed by atoms with van der Waals surface area (Å²) in [6.45, 7) is 0.622. The quantitative estimate of drug-likeness (QED) is 0.795. The van der Waals surface area contributed by atoms with Gasteiger partial charge in [0.15, 0.2) is 6.61 Å². The molecule has 1 aromatic carbocycles. The van der Waals surface area contributed by atoms with E-state index in [1.807, 2.05) is 6.92 Å². The van der Waals surface area contributed by atoms with Crippen molar-refractivity contribution >= 4 is 11.8 Å². The van der Waals surface area contributed by atoms with Crippen LogP contribution in [0.5, 0.6) is 5.75 Å². The van der Waals surface area contributed by atoms with Crippen LogP contribution < -0.4 is 15.4 Å². The Labute approximate surface area is 137 Å². The van der Waals surface area contributed by atoms with E-state index < -0.39 is 12.8 Å². The van der Waals surface area contributed by atoms with Crippen LogP contribution in [0.3, 0.4) is 0 Å². The summed E-state index contributed by atoms with van der Waals surface area (Å²) in [6, 6.07) is 6.04. The lowest BCUT2D eigenvalue weighted by Gasteiger charge is -2.11. The molecule has 24 heavy (non-hydrogen) atoms. The minimum absolute atomic E-state index is 0.000243. The predicted octanol–water partition coefficient (Wildman–Crippen LogP) is 2.02. The van der Waals surface area contributed by atoms with Crippen molar-refractivity contribution in [3.05, 3.63) is 29.8 Å². The third-order valence-corrected chi connectivity index (χ3v) is 3.66. The molecular weight excluding hydrogens is 325 g/mol. The summed E-state index contributed by atoms with van der Waals surface area (Å²) in [4.78, 5) is 23.3. The van der Waals surface area contributed by atoms with Gasteiger partial charge in [-0.25, -0.2) is 0 Å². The first kappa shape index (κ1) is 18.1. The van der Waals surface area contributed by atoms with Crippen molar-refractivity contribution in [3.8, 4) is 5.75 Å². The fourth-order valence-electron chi connectivity index (χ4n) is 2.16. The van der Waals surface area contributed by atoms with Gasteiger partial charge in [-0.2, -0.15) is 13.2 Å². The van der Waals surface area contributed by atoms with Gasteiger partial charge in [-0.1, -0.05) is 19.1 Å². The molecule has 2 rings (SSSR count). The molecule has 1 fully saturated rings. The van der Waals surface area contributed by atoms with E-state index in [4.69, 9.17) is 0 Å². The average molecular weight is 344 g/mol. The Balaban J connectivity index is 1.73. The summed E-state index contributed by atoms with van der Waals surface area (Å²) in [5.41, 5.74) is 0.602. The molecule has 0 spiro atoms. The van der Waals surface area contributed by atoms with Gasteiger partial charge in [-0.15, -0.1) is 0 Å². The van der Waals surface area contributed by atoms with Gasteiger partial charge < -0.3 is 15.4 Å². The van der Waals surface area contributed by atoms with Gasteiger partial charge in [-0.05, 0) is 30.0 Å². The molecule has 5 nitrogen and oxygen atoms in total. The van der Waals surface area contributed by atoms with Crippen LogP contribution in [0.15, 0.2) is 24.3 Å². The number of ether oxygens (including phenoxy) is 1. The van der Waals surface area contributed by atoms with E-state index in [1.54, 1.807) is 12.1 Å². The van der Waals surface area contributed by atoms with Crippen LogP contribution in [0.4, 0.5) is 13.2 Å². The summed E-state index contributed by atoms with van der Waals surface area (Å²) < 4.78 is 41.0. The Morgan fingerprint density at radius 2 is 2.00 bits per heavy atom. The maximum atomic E-state index is 12.1. The van der Waals surface area contributed by atoms with Crippen LogP contribution in [0.2, 0.25) is 0 Å². The third kappa shape index (κ3) is 6.10. The van der Waals surface area contributed by atoms with Gasteiger partial charge in [0.25, 0.3) is 0 Å². The summed E-state index contributed by atoms with van der Waals surface area (Å²) in [6.07, 6.45) is -3.56. The lowest BCUT2D eigenvalue weighted by molar-refractivity contribution is -0.153. The molecule has 0 aliphatic heterocycles. The Morgan fingerprint density at radius 3 is 2.62 bits per heavy atom. The topological polar surface area (TPSA) is 67.4 Å². The minimum atomic E-state index is -4.40. The van der Waals surface area contributed by atoms with Gasteiger partial charge in [0, 0.05) is 12.5 Å². The van der Waals surface area contributed by atoms with E-state index in [0.29, 0.717) is 11.5 Å². The molecule has 1 saturated carbocycles. The van der Waals surface area contributed by atoms with E-state index in [1.165, 1.54) is 12.1 Å². The SMILES string of the molecule is C[C@H]1C[C@@H]1C(=O)NCC(=O)NCc1cccc(OCC(F)(F)F)c1. The van der Waals surface area contributed by atoms with Gasteiger partial charge >= 0.3 is 6.18 Å². The lowest BCUT2D eigenvalue weighted by atomic mass is 10.2. The van der Waals surface area contributed by atoms with Crippen LogP contribution in [0.25, 0.3) is 0 Å². The number of hydrogen-bond acceptors (Lipinski definition) is 3. The van der Waals surface area contributed by atoms with Gasteiger partial charge in [-0.3, -0.25) is 9.59 Å². The molecule has 0 aromatic heterocycles. The van der Waals surface area contributed by atoms with Gasteiger partial charge in [0.1, 0.15) is 5.75 Å². The van der Waals surface area contributed by atoms with E-state index in [2.05, 4.69) is 15.4 Å². The summed E-state index contributed by atoms with van der Waals surface area (Å²) >= 11 is 0. The lowest BCUT2D eigenvalue weighted by Crippen LogP contribution is -2.37. The van der Waals surface area contributed by atoms with Crippen molar-refractivity contribution < 1.29 is 27.5 Å². The fourth-order valence-corrected chi connectivity index (χ4v) is 2.16. The van der Waals surface area contributed by atoms with Crippen molar-refractivity contribution in [2.75, 3.05) is 13.2 Å². The summed E-state index contributed by atoms with van der Waals surface area (Å²) in [5, 5.41) is 5.15.